The first-order valence-electron chi connectivity index (χ1n) is 3.47. The van der Waals surface area contributed by atoms with Crippen molar-refractivity contribution in [3.05, 3.63) is 0 Å². The third-order valence-electron chi connectivity index (χ3n) is 1.92. The zero-order chi connectivity index (χ0) is 7.56. The van der Waals surface area contributed by atoms with Gasteiger partial charge < -0.3 is 12.6 Å². The van der Waals surface area contributed by atoms with Crippen molar-refractivity contribution in [3.63, 3.8) is 0 Å². The van der Waals surface area contributed by atoms with E-state index in [1.54, 1.807) is 0 Å². The maximum Gasteiger partial charge on any atom is 0.191 e. The summed E-state index contributed by atoms with van der Waals surface area (Å²) in [6.07, 6.45) is 4.87. The van der Waals surface area contributed by atoms with Gasteiger partial charge in [-0.05, 0) is 12.7 Å². The molecular weight excluding hydrogens is 164 g/mol. The van der Waals surface area contributed by atoms with Crippen LogP contribution < -0.4 is 0 Å². The Bertz CT molecular complexity index is 136. The normalized spacial score (nSPS) is 32.6. The molecule has 1 rings (SSSR count). The zero-order valence-corrected chi connectivity index (χ0v) is 7.63. The first-order chi connectivity index (χ1) is 4.74. The van der Waals surface area contributed by atoms with E-state index in [0.29, 0.717) is 10.4 Å². The fourth-order valence-corrected chi connectivity index (χ4v) is 2.24. The highest BCUT2D eigenvalue weighted by Crippen LogP contribution is 2.29. The Labute approximate surface area is 71.4 Å². The van der Waals surface area contributed by atoms with E-state index < -0.39 is 0 Å². The van der Waals surface area contributed by atoms with Crippen molar-refractivity contribution in [2.75, 3.05) is 6.26 Å². The zero-order valence-electron chi connectivity index (χ0n) is 6.00. The predicted octanol–water partition coefficient (Wildman–Crippen LogP) is 1.59. The highest BCUT2D eigenvalue weighted by molar-refractivity contribution is 8.13. The number of carbonyl (C=O) groups excluding carboxylic acids is 1. The molecular formula is C7H11OS2-. The Balaban J connectivity index is 2.37. The summed E-state index contributed by atoms with van der Waals surface area (Å²) in [5.74, 6) is 0.275. The van der Waals surface area contributed by atoms with Gasteiger partial charge in [0.1, 0.15) is 0 Å². The molecule has 0 N–H and O–H groups in total. The monoisotopic (exact) mass is 175 g/mol. The minimum atomic E-state index is 0.275. The molecule has 0 amide bonds. The van der Waals surface area contributed by atoms with Crippen LogP contribution in [0.1, 0.15) is 19.3 Å². The molecule has 0 radical (unpaired) electrons. The van der Waals surface area contributed by atoms with Gasteiger partial charge in [-0.25, -0.2) is 0 Å². The molecule has 1 aliphatic rings. The molecule has 1 fully saturated rings. The van der Waals surface area contributed by atoms with Crippen molar-refractivity contribution in [2.45, 2.75) is 24.5 Å². The van der Waals surface area contributed by atoms with Gasteiger partial charge in [0.05, 0.1) is 0 Å². The molecule has 10 heavy (non-hydrogen) atoms. The van der Waals surface area contributed by atoms with E-state index in [4.69, 9.17) is 12.6 Å². The maximum absolute atomic E-state index is 11.1. The van der Waals surface area contributed by atoms with E-state index in [9.17, 15) is 4.79 Å². The summed E-state index contributed by atoms with van der Waals surface area (Å²) in [6, 6.07) is 0. The van der Waals surface area contributed by atoms with Crippen molar-refractivity contribution in [1.29, 1.82) is 0 Å². The minimum Gasteiger partial charge on any atom is -0.789 e. The summed E-state index contributed by atoms with van der Waals surface area (Å²) in [5.41, 5.74) is 0. The Morgan fingerprint density at radius 2 is 2.30 bits per heavy atom. The molecule has 1 saturated carbocycles. The lowest BCUT2D eigenvalue weighted by Gasteiger charge is -2.13. The number of rotatable bonds is 1. The van der Waals surface area contributed by atoms with Gasteiger partial charge in [0, 0.05) is 5.92 Å². The van der Waals surface area contributed by atoms with Crippen LogP contribution in [0, 0.1) is 5.92 Å². The van der Waals surface area contributed by atoms with Gasteiger partial charge in [0.15, 0.2) is 5.12 Å². The highest BCUT2D eigenvalue weighted by atomic mass is 32.2. The van der Waals surface area contributed by atoms with Crippen LogP contribution in [0.25, 0.3) is 0 Å². The average Bonchev–Trinajstić information content (AvgIpc) is 2.34. The fraction of sp³-hybridized carbons (Fsp3) is 0.857. The van der Waals surface area contributed by atoms with E-state index in [1.165, 1.54) is 11.8 Å². The van der Waals surface area contributed by atoms with E-state index in [1.807, 2.05) is 6.26 Å². The molecule has 0 bridgehead atoms. The molecule has 58 valence electrons. The Morgan fingerprint density at radius 1 is 1.60 bits per heavy atom. The second-order valence-electron chi connectivity index (χ2n) is 2.66. The van der Waals surface area contributed by atoms with Crippen LogP contribution in [0.15, 0.2) is 0 Å². The molecule has 0 spiro atoms. The lowest BCUT2D eigenvalue weighted by atomic mass is 10.1. The van der Waals surface area contributed by atoms with Gasteiger partial charge >= 0.3 is 0 Å². The van der Waals surface area contributed by atoms with E-state index in [0.717, 1.165) is 19.3 Å². The van der Waals surface area contributed by atoms with Crippen LogP contribution in [0.2, 0.25) is 0 Å². The lowest BCUT2D eigenvalue weighted by Crippen LogP contribution is -2.06. The number of hydrogen-bond acceptors (Lipinski definition) is 3. The molecule has 0 saturated heterocycles. The molecule has 1 aliphatic carbocycles. The Kier molecular flexibility index (Phi) is 3.11. The van der Waals surface area contributed by atoms with Crippen LogP contribution in [-0.2, 0) is 17.4 Å². The van der Waals surface area contributed by atoms with Gasteiger partial charge in [0.2, 0.25) is 0 Å². The first kappa shape index (κ1) is 8.47. The van der Waals surface area contributed by atoms with Crippen molar-refractivity contribution in [3.8, 4) is 0 Å². The fourth-order valence-electron chi connectivity index (χ4n) is 1.32. The summed E-state index contributed by atoms with van der Waals surface area (Å²) in [7, 11) is 0. The van der Waals surface area contributed by atoms with Crippen molar-refractivity contribution in [2.24, 2.45) is 5.92 Å². The Hall–Kier alpha value is 0.370. The van der Waals surface area contributed by atoms with Crippen molar-refractivity contribution >= 4 is 29.5 Å². The minimum absolute atomic E-state index is 0.275. The van der Waals surface area contributed by atoms with Gasteiger partial charge in [0.25, 0.3) is 0 Å². The summed E-state index contributed by atoms with van der Waals surface area (Å²) < 4.78 is 0. The molecule has 1 nitrogen and oxygen atoms in total. The maximum atomic E-state index is 11.1. The summed E-state index contributed by atoms with van der Waals surface area (Å²) in [4.78, 5) is 11.1. The largest absolute Gasteiger partial charge is 0.789 e. The number of hydrogen-bond donors (Lipinski definition) is 0. The summed E-state index contributed by atoms with van der Waals surface area (Å²) >= 11 is 6.42. The molecule has 0 aliphatic heterocycles. The number of carbonyl (C=O) groups is 1. The Morgan fingerprint density at radius 3 is 2.70 bits per heavy atom. The highest BCUT2D eigenvalue weighted by Gasteiger charge is 2.22. The average molecular weight is 175 g/mol. The quantitative estimate of drug-likeness (QED) is 0.563. The summed E-state index contributed by atoms with van der Waals surface area (Å²) in [6.45, 7) is 0. The van der Waals surface area contributed by atoms with Crippen LogP contribution >= 0.6 is 11.8 Å². The van der Waals surface area contributed by atoms with E-state index >= 15 is 0 Å². The molecule has 3 heteroatoms. The topological polar surface area (TPSA) is 17.1 Å². The summed E-state index contributed by atoms with van der Waals surface area (Å²) in [5, 5.41) is 0.688. The predicted molar refractivity (Wildman–Crippen MR) is 47.0 cm³/mol. The molecule has 0 heterocycles. The van der Waals surface area contributed by atoms with Gasteiger partial charge in [-0.3, -0.25) is 4.79 Å². The van der Waals surface area contributed by atoms with Crippen molar-refractivity contribution in [1.82, 2.24) is 0 Å². The number of thioether (sulfide) groups is 1. The molecule has 0 aromatic rings. The second kappa shape index (κ2) is 3.67. The molecule has 0 aromatic heterocycles. The first-order valence-corrected chi connectivity index (χ1v) is 5.17. The standard InChI is InChI=1S/C7H12OS2/c1-10-7(8)5-2-3-6(9)4-5/h5-6,9H,2-4H2,1H3/p-1/t5-,6+/m1/s1. The molecule has 2 atom stereocenters. The molecule has 0 unspecified atom stereocenters. The lowest BCUT2D eigenvalue weighted by molar-refractivity contribution is -0.114. The van der Waals surface area contributed by atoms with E-state index in [-0.39, 0.29) is 5.92 Å². The second-order valence-corrected chi connectivity index (χ2v) is 4.13. The van der Waals surface area contributed by atoms with E-state index in [2.05, 4.69) is 0 Å². The third-order valence-corrected chi connectivity index (χ3v) is 3.08. The van der Waals surface area contributed by atoms with Gasteiger partial charge in [-0.2, -0.15) is 5.25 Å². The van der Waals surface area contributed by atoms with Gasteiger partial charge in [-0.1, -0.05) is 24.6 Å². The SMILES string of the molecule is CSC(=O)[C@@H]1CC[C@H]([S-])C1. The third kappa shape index (κ3) is 1.92. The van der Waals surface area contributed by atoms with Crippen LogP contribution in [0.3, 0.4) is 0 Å². The van der Waals surface area contributed by atoms with Crippen LogP contribution in [0.5, 0.6) is 0 Å². The van der Waals surface area contributed by atoms with Crippen LogP contribution in [-0.4, -0.2) is 16.6 Å². The van der Waals surface area contributed by atoms with Crippen molar-refractivity contribution < 1.29 is 4.79 Å². The smallest absolute Gasteiger partial charge is 0.191 e. The van der Waals surface area contributed by atoms with Gasteiger partial charge in [-0.15, -0.1) is 0 Å². The van der Waals surface area contributed by atoms with Crippen LogP contribution in [0.4, 0.5) is 0 Å². The molecule has 0 aromatic carbocycles.